The molecule has 2 fully saturated rings. The molecule has 2 aliphatic heterocycles. The Bertz CT molecular complexity index is 164. The van der Waals surface area contributed by atoms with E-state index in [-0.39, 0.29) is 0 Å². The van der Waals surface area contributed by atoms with Crippen LogP contribution < -0.4 is 5.32 Å². The summed E-state index contributed by atoms with van der Waals surface area (Å²) in [7, 11) is 0. The average Bonchev–Trinajstić information content (AvgIpc) is 2.19. The first-order valence-corrected chi connectivity index (χ1v) is 6.30. The van der Waals surface area contributed by atoms with Gasteiger partial charge in [-0.05, 0) is 44.7 Å². The van der Waals surface area contributed by atoms with Crippen molar-refractivity contribution in [2.24, 2.45) is 5.92 Å². The lowest BCUT2D eigenvalue weighted by molar-refractivity contribution is 0.159. The van der Waals surface area contributed by atoms with Gasteiger partial charge in [0.25, 0.3) is 0 Å². The second-order valence-corrected chi connectivity index (χ2v) is 5.15. The Morgan fingerprint density at radius 2 is 2.14 bits per heavy atom. The number of likely N-dealkylation sites (tertiary alicyclic amines) is 1. The Morgan fingerprint density at radius 3 is 2.86 bits per heavy atom. The van der Waals surface area contributed by atoms with Crippen LogP contribution in [0.4, 0.5) is 0 Å². The van der Waals surface area contributed by atoms with Crippen molar-refractivity contribution in [1.29, 1.82) is 0 Å². The summed E-state index contributed by atoms with van der Waals surface area (Å²) >= 11 is 0. The zero-order valence-electron chi connectivity index (χ0n) is 9.47. The van der Waals surface area contributed by atoms with Crippen LogP contribution in [0.3, 0.4) is 0 Å². The van der Waals surface area contributed by atoms with Crippen LogP contribution in [-0.4, -0.2) is 37.1 Å². The molecule has 0 bridgehead atoms. The molecule has 2 heteroatoms. The molecule has 2 nitrogen and oxygen atoms in total. The Labute approximate surface area is 88.1 Å². The van der Waals surface area contributed by atoms with Gasteiger partial charge in [0.05, 0.1) is 0 Å². The molecule has 0 saturated carbocycles. The third-order valence-electron chi connectivity index (χ3n) is 3.63. The topological polar surface area (TPSA) is 15.3 Å². The van der Waals surface area contributed by atoms with Crippen LogP contribution in [-0.2, 0) is 0 Å². The Balaban J connectivity index is 1.72. The zero-order valence-corrected chi connectivity index (χ0v) is 9.47. The quantitative estimate of drug-likeness (QED) is 0.725. The second-order valence-electron chi connectivity index (χ2n) is 5.15. The molecule has 0 aromatic heterocycles. The fourth-order valence-corrected chi connectivity index (χ4v) is 2.84. The monoisotopic (exact) mass is 196 g/mol. The molecule has 2 atom stereocenters. The highest BCUT2D eigenvalue weighted by atomic mass is 15.2. The van der Waals surface area contributed by atoms with Crippen molar-refractivity contribution < 1.29 is 0 Å². The van der Waals surface area contributed by atoms with E-state index in [0.29, 0.717) is 0 Å². The average molecular weight is 196 g/mol. The standard InChI is InChI=1S/C12H24N2/c1-11-5-4-8-14(9-11)10-12-6-2-3-7-13-12/h11-13H,2-10H2,1H3. The van der Waals surface area contributed by atoms with Crippen molar-refractivity contribution in [3.05, 3.63) is 0 Å². The molecule has 0 radical (unpaired) electrons. The van der Waals surface area contributed by atoms with Gasteiger partial charge in [0, 0.05) is 19.1 Å². The van der Waals surface area contributed by atoms with Gasteiger partial charge >= 0.3 is 0 Å². The second kappa shape index (κ2) is 5.13. The van der Waals surface area contributed by atoms with Gasteiger partial charge in [0.2, 0.25) is 0 Å². The highest BCUT2D eigenvalue weighted by Crippen LogP contribution is 2.17. The van der Waals surface area contributed by atoms with Crippen molar-refractivity contribution in [2.45, 2.75) is 45.1 Å². The first kappa shape index (κ1) is 10.4. The highest BCUT2D eigenvalue weighted by Gasteiger charge is 2.20. The van der Waals surface area contributed by atoms with E-state index in [0.717, 1.165) is 12.0 Å². The van der Waals surface area contributed by atoms with E-state index in [9.17, 15) is 0 Å². The van der Waals surface area contributed by atoms with Gasteiger partial charge in [0.1, 0.15) is 0 Å². The fourth-order valence-electron chi connectivity index (χ4n) is 2.84. The third kappa shape index (κ3) is 2.96. The molecule has 14 heavy (non-hydrogen) atoms. The maximum absolute atomic E-state index is 3.64. The van der Waals surface area contributed by atoms with E-state index in [1.807, 2.05) is 0 Å². The lowest BCUT2D eigenvalue weighted by Crippen LogP contribution is -2.46. The molecule has 1 N–H and O–H groups in total. The summed E-state index contributed by atoms with van der Waals surface area (Å²) in [6.07, 6.45) is 7.06. The molecule has 2 saturated heterocycles. The van der Waals surface area contributed by atoms with Gasteiger partial charge in [-0.1, -0.05) is 13.3 Å². The smallest absolute Gasteiger partial charge is 0.0195 e. The Hall–Kier alpha value is -0.0800. The van der Waals surface area contributed by atoms with Crippen LogP contribution in [0.2, 0.25) is 0 Å². The summed E-state index contributed by atoms with van der Waals surface area (Å²) in [4.78, 5) is 2.66. The number of piperidine rings is 2. The van der Waals surface area contributed by atoms with E-state index in [1.165, 1.54) is 58.3 Å². The number of hydrogen-bond donors (Lipinski definition) is 1. The molecule has 2 heterocycles. The lowest BCUT2D eigenvalue weighted by Gasteiger charge is -2.35. The van der Waals surface area contributed by atoms with Crippen molar-refractivity contribution in [2.75, 3.05) is 26.2 Å². The van der Waals surface area contributed by atoms with Crippen molar-refractivity contribution in [1.82, 2.24) is 10.2 Å². The van der Waals surface area contributed by atoms with Crippen LogP contribution in [0.15, 0.2) is 0 Å². The molecule has 2 rings (SSSR count). The van der Waals surface area contributed by atoms with Crippen LogP contribution in [0, 0.1) is 5.92 Å². The normalized spacial score (nSPS) is 35.8. The molecular formula is C12H24N2. The van der Waals surface area contributed by atoms with E-state index < -0.39 is 0 Å². The molecule has 0 amide bonds. The molecule has 0 aromatic carbocycles. The summed E-state index contributed by atoms with van der Waals surface area (Å²) in [5, 5.41) is 3.64. The fraction of sp³-hybridized carbons (Fsp3) is 1.00. The van der Waals surface area contributed by atoms with Crippen LogP contribution >= 0.6 is 0 Å². The van der Waals surface area contributed by atoms with Gasteiger partial charge in [-0.3, -0.25) is 0 Å². The van der Waals surface area contributed by atoms with Crippen LogP contribution in [0.1, 0.15) is 39.0 Å². The maximum Gasteiger partial charge on any atom is 0.0195 e. The molecule has 0 aromatic rings. The molecule has 0 aliphatic carbocycles. The summed E-state index contributed by atoms with van der Waals surface area (Å²) in [5.74, 6) is 0.923. The van der Waals surface area contributed by atoms with E-state index in [1.54, 1.807) is 0 Å². The van der Waals surface area contributed by atoms with E-state index in [2.05, 4.69) is 17.1 Å². The predicted octanol–water partition coefficient (Wildman–Crippen LogP) is 1.86. The first-order valence-electron chi connectivity index (χ1n) is 6.30. The molecular weight excluding hydrogens is 172 g/mol. The number of rotatable bonds is 2. The minimum absolute atomic E-state index is 0.786. The molecule has 0 spiro atoms. The summed E-state index contributed by atoms with van der Waals surface area (Å²) < 4.78 is 0. The van der Waals surface area contributed by atoms with Crippen LogP contribution in [0.25, 0.3) is 0 Å². The number of hydrogen-bond acceptors (Lipinski definition) is 2. The largest absolute Gasteiger partial charge is 0.313 e. The zero-order chi connectivity index (χ0) is 9.80. The van der Waals surface area contributed by atoms with E-state index in [4.69, 9.17) is 0 Å². The van der Waals surface area contributed by atoms with E-state index >= 15 is 0 Å². The van der Waals surface area contributed by atoms with Gasteiger partial charge in [-0.2, -0.15) is 0 Å². The predicted molar refractivity (Wildman–Crippen MR) is 60.5 cm³/mol. The van der Waals surface area contributed by atoms with Gasteiger partial charge in [-0.25, -0.2) is 0 Å². The Morgan fingerprint density at radius 1 is 1.21 bits per heavy atom. The number of nitrogens with one attached hydrogen (secondary N) is 1. The SMILES string of the molecule is CC1CCCN(CC2CCCCN2)C1. The highest BCUT2D eigenvalue weighted by molar-refractivity contribution is 4.78. The first-order chi connectivity index (χ1) is 6.84. The third-order valence-corrected chi connectivity index (χ3v) is 3.63. The Kier molecular flexibility index (Phi) is 3.82. The summed E-state index contributed by atoms with van der Waals surface area (Å²) in [6, 6.07) is 0.786. The minimum atomic E-state index is 0.786. The van der Waals surface area contributed by atoms with Crippen molar-refractivity contribution in [3.8, 4) is 0 Å². The van der Waals surface area contributed by atoms with Crippen LogP contribution in [0.5, 0.6) is 0 Å². The molecule has 82 valence electrons. The summed E-state index contributed by atoms with van der Waals surface area (Å²) in [5.41, 5.74) is 0. The lowest BCUT2D eigenvalue weighted by atomic mass is 9.98. The number of nitrogens with zero attached hydrogens (tertiary/aromatic N) is 1. The minimum Gasteiger partial charge on any atom is -0.313 e. The maximum atomic E-state index is 3.64. The van der Waals surface area contributed by atoms with Gasteiger partial charge < -0.3 is 10.2 Å². The molecule has 2 aliphatic rings. The van der Waals surface area contributed by atoms with Crippen molar-refractivity contribution >= 4 is 0 Å². The van der Waals surface area contributed by atoms with Gasteiger partial charge in [-0.15, -0.1) is 0 Å². The van der Waals surface area contributed by atoms with Crippen molar-refractivity contribution in [3.63, 3.8) is 0 Å². The van der Waals surface area contributed by atoms with Gasteiger partial charge in [0.15, 0.2) is 0 Å². The summed E-state index contributed by atoms with van der Waals surface area (Å²) in [6.45, 7) is 7.60. The molecule has 2 unspecified atom stereocenters.